The van der Waals surface area contributed by atoms with Crippen LogP contribution < -0.4 is 9.47 Å². The predicted molar refractivity (Wildman–Crippen MR) is 116 cm³/mol. The van der Waals surface area contributed by atoms with Crippen LogP contribution in [0.25, 0.3) is 0 Å². The van der Waals surface area contributed by atoms with Gasteiger partial charge in [0.25, 0.3) is 5.91 Å². The van der Waals surface area contributed by atoms with Crippen LogP contribution in [0.3, 0.4) is 0 Å². The molecule has 30 heavy (non-hydrogen) atoms. The first kappa shape index (κ1) is 23.3. The fourth-order valence-electron chi connectivity index (χ4n) is 2.98. The van der Waals surface area contributed by atoms with Crippen LogP contribution in [0.4, 0.5) is 0 Å². The summed E-state index contributed by atoms with van der Waals surface area (Å²) in [4.78, 5) is 27.5. The van der Waals surface area contributed by atoms with Crippen LogP contribution >= 0.6 is 0 Å². The summed E-state index contributed by atoms with van der Waals surface area (Å²) in [7, 11) is 1.53. The zero-order valence-electron chi connectivity index (χ0n) is 18.6. The van der Waals surface area contributed by atoms with Crippen LogP contribution in [-0.4, -0.2) is 42.1 Å². The van der Waals surface area contributed by atoms with Gasteiger partial charge in [0, 0.05) is 12.1 Å². The van der Waals surface area contributed by atoms with Gasteiger partial charge in [-0.15, -0.1) is 0 Å². The Hall–Kier alpha value is -3.02. The number of amides is 1. The summed E-state index contributed by atoms with van der Waals surface area (Å²) in [6, 6.07) is 14.5. The van der Waals surface area contributed by atoms with Crippen LogP contribution in [0.5, 0.6) is 11.5 Å². The van der Waals surface area contributed by atoms with E-state index in [1.165, 1.54) is 7.11 Å². The van der Waals surface area contributed by atoms with Crippen molar-refractivity contribution in [2.24, 2.45) is 0 Å². The summed E-state index contributed by atoms with van der Waals surface area (Å²) >= 11 is 0. The number of rotatable bonds is 8. The minimum absolute atomic E-state index is 0.252. The highest BCUT2D eigenvalue weighted by molar-refractivity contribution is 5.93. The second-order valence-corrected chi connectivity index (χ2v) is 7.93. The van der Waals surface area contributed by atoms with E-state index in [1.807, 2.05) is 58.0 Å². The van der Waals surface area contributed by atoms with E-state index < -0.39 is 17.6 Å². The Labute approximate surface area is 178 Å². The second kappa shape index (κ2) is 10.1. The highest BCUT2D eigenvalue weighted by atomic mass is 16.5. The number of ether oxygens (including phenoxy) is 3. The molecule has 162 valence electrons. The standard InChI is InChI=1S/C24H31NO5/c1-7-29-21-15-19(13-14-20(21)28-6)23(27)30-17(2)22(26)25(24(3,4)5)16-18-11-9-8-10-12-18/h8-15,17H,7,16H2,1-6H3/t17-/m0/s1. The zero-order valence-corrected chi connectivity index (χ0v) is 18.6. The second-order valence-electron chi connectivity index (χ2n) is 7.93. The summed E-state index contributed by atoms with van der Waals surface area (Å²) in [5.74, 6) is 0.138. The molecule has 0 spiro atoms. The van der Waals surface area contributed by atoms with Crippen molar-refractivity contribution in [1.82, 2.24) is 4.90 Å². The molecule has 0 N–H and O–H groups in total. The Balaban J connectivity index is 2.16. The first-order valence-corrected chi connectivity index (χ1v) is 10.0. The van der Waals surface area contributed by atoms with Crippen LogP contribution in [0.2, 0.25) is 0 Å². The average molecular weight is 414 g/mol. The van der Waals surface area contributed by atoms with Gasteiger partial charge in [0.1, 0.15) is 0 Å². The van der Waals surface area contributed by atoms with Gasteiger partial charge in [0.05, 0.1) is 19.3 Å². The van der Waals surface area contributed by atoms with Gasteiger partial charge in [0.15, 0.2) is 17.6 Å². The molecule has 0 unspecified atom stereocenters. The van der Waals surface area contributed by atoms with Crippen molar-refractivity contribution in [3.05, 3.63) is 59.7 Å². The predicted octanol–water partition coefficient (Wildman–Crippen LogP) is 4.47. The van der Waals surface area contributed by atoms with Crippen LogP contribution in [0.1, 0.15) is 50.5 Å². The lowest BCUT2D eigenvalue weighted by molar-refractivity contribution is -0.145. The maximum absolute atomic E-state index is 13.1. The summed E-state index contributed by atoms with van der Waals surface area (Å²) in [6.45, 7) is 10.2. The number of methoxy groups -OCH3 is 1. The first-order chi connectivity index (χ1) is 14.2. The maximum Gasteiger partial charge on any atom is 0.339 e. The zero-order chi connectivity index (χ0) is 22.3. The average Bonchev–Trinajstić information content (AvgIpc) is 2.71. The van der Waals surface area contributed by atoms with E-state index in [4.69, 9.17) is 14.2 Å². The SMILES string of the molecule is CCOc1cc(C(=O)O[C@@H](C)C(=O)N(Cc2ccccc2)C(C)(C)C)ccc1OC. The summed E-state index contributed by atoms with van der Waals surface area (Å²) in [6.07, 6.45) is -0.932. The Morgan fingerprint density at radius 3 is 2.27 bits per heavy atom. The van der Waals surface area contributed by atoms with E-state index in [9.17, 15) is 9.59 Å². The lowest BCUT2D eigenvalue weighted by Crippen LogP contribution is -2.49. The number of esters is 1. The van der Waals surface area contributed by atoms with Crippen LogP contribution in [0, 0.1) is 0 Å². The third kappa shape index (κ3) is 5.99. The number of hydrogen-bond acceptors (Lipinski definition) is 5. The van der Waals surface area contributed by atoms with E-state index >= 15 is 0 Å². The Kier molecular flexibility index (Phi) is 7.86. The highest BCUT2D eigenvalue weighted by Crippen LogP contribution is 2.28. The molecule has 6 nitrogen and oxygen atoms in total. The van der Waals surface area contributed by atoms with Gasteiger partial charge in [-0.3, -0.25) is 4.79 Å². The van der Waals surface area contributed by atoms with Crippen molar-refractivity contribution in [3.63, 3.8) is 0 Å². The van der Waals surface area contributed by atoms with Gasteiger partial charge in [-0.2, -0.15) is 0 Å². The third-order valence-electron chi connectivity index (χ3n) is 4.59. The largest absolute Gasteiger partial charge is 0.493 e. The molecule has 0 aliphatic rings. The molecular weight excluding hydrogens is 382 g/mol. The third-order valence-corrected chi connectivity index (χ3v) is 4.59. The molecule has 0 bridgehead atoms. The van der Waals surface area contributed by atoms with Crippen LogP contribution in [-0.2, 0) is 16.1 Å². The van der Waals surface area contributed by atoms with Crippen molar-refractivity contribution in [1.29, 1.82) is 0 Å². The molecule has 0 radical (unpaired) electrons. The summed E-state index contributed by atoms with van der Waals surface area (Å²) in [5, 5.41) is 0. The van der Waals surface area contributed by atoms with Crippen molar-refractivity contribution >= 4 is 11.9 Å². The molecule has 2 rings (SSSR count). The quantitative estimate of drug-likeness (QED) is 0.598. The molecule has 0 heterocycles. The van der Waals surface area contributed by atoms with Crippen molar-refractivity contribution in [2.75, 3.05) is 13.7 Å². The number of carbonyl (C=O) groups excluding carboxylic acids is 2. The fraction of sp³-hybridized carbons (Fsp3) is 0.417. The van der Waals surface area contributed by atoms with E-state index in [-0.39, 0.29) is 5.91 Å². The molecule has 0 saturated carbocycles. The summed E-state index contributed by atoms with van der Waals surface area (Å²) in [5.41, 5.74) is 0.871. The minimum atomic E-state index is -0.932. The molecule has 2 aromatic rings. The molecule has 6 heteroatoms. The van der Waals surface area contributed by atoms with E-state index in [0.717, 1.165) is 5.56 Å². The molecule has 0 saturated heterocycles. The maximum atomic E-state index is 13.1. The van der Waals surface area contributed by atoms with Crippen molar-refractivity contribution in [3.8, 4) is 11.5 Å². The molecule has 1 atom stereocenters. The molecule has 0 aromatic heterocycles. The van der Waals surface area contributed by atoms with Crippen molar-refractivity contribution < 1.29 is 23.8 Å². The Bertz CT molecular complexity index is 858. The van der Waals surface area contributed by atoms with Crippen molar-refractivity contribution in [2.45, 2.75) is 52.8 Å². The molecule has 2 aromatic carbocycles. The van der Waals surface area contributed by atoms with E-state index in [1.54, 1.807) is 30.0 Å². The van der Waals surface area contributed by atoms with Gasteiger partial charge in [0.2, 0.25) is 0 Å². The monoisotopic (exact) mass is 413 g/mol. The van der Waals surface area contributed by atoms with Gasteiger partial charge in [-0.25, -0.2) is 4.79 Å². The molecule has 0 fully saturated rings. The van der Waals surface area contributed by atoms with Crippen LogP contribution in [0.15, 0.2) is 48.5 Å². The number of nitrogens with zero attached hydrogens (tertiary/aromatic N) is 1. The molecular formula is C24H31NO5. The first-order valence-electron chi connectivity index (χ1n) is 10.0. The Morgan fingerprint density at radius 1 is 1.03 bits per heavy atom. The fourth-order valence-corrected chi connectivity index (χ4v) is 2.98. The number of benzene rings is 2. The van der Waals surface area contributed by atoms with Gasteiger partial charge in [-0.1, -0.05) is 30.3 Å². The molecule has 0 aliphatic heterocycles. The van der Waals surface area contributed by atoms with Gasteiger partial charge >= 0.3 is 5.97 Å². The number of carbonyl (C=O) groups is 2. The Morgan fingerprint density at radius 2 is 1.70 bits per heavy atom. The lowest BCUT2D eigenvalue weighted by Gasteiger charge is -2.37. The highest BCUT2D eigenvalue weighted by Gasteiger charge is 2.32. The van der Waals surface area contributed by atoms with E-state index in [2.05, 4.69) is 0 Å². The topological polar surface area (TPSA) is 65.1 Å². The normalized spacial score (nSPS) is 12.1. The summed E-state index contributed by atoms with van der Waals surface area (Å²) < 4.78 is 16.2. The minimum Gasteiger partial charge on any atom is -0.493 e. The smallest absolute Gasteiger partial charge is 0.339 e. The van der Waals surface area contributed by atoms with Gasteiger partial charge in [-0.05, 0) is 58.4 Å². The van der Waals surface area contributed by atoms with E-state index in [0.29, 0.717) is 30.2 Å². The lowest BCUT2D eigenvalue weighted by atomic mass is 10.0. The molecule has 1 amide bonds. The molecule has 0 aliphatic carbocycles. The van der Waals surface area contributed by atoms with Gasteiger partial charge < -0.3 is 19.1 Å². The number of hydrogen-bond donors (Lipinski definition) is 0.